The van der Waals surface area contributed by atoms with Gasteiger partial charge in [0.15, 0.2) is 0 Å². The molecule has 1 aromatic rings. The summed E-state index contributed by atoms with van der Waals surface area (Å²) in [5, 5.41) is 9.02. The number of nitrogens with one attached hydrogen (secondary N) is 1. The van der Waals surface area contributed by atoms with Crippen LogP contribution >= 0.6 is 11.6 Å². The molecule has 25 heavy (non-hydrogen) atoms. The Morgan fingerprint density at radius 1 is 1.24 bits per heavy atom. The van der Waals surface area contributed by atoms with Crippen LogP contribution in [0.2, 0.25) is 5.02 Å². The molecule has 1 aliphatic rings. The average Bonchev–Trinajstić information content (AvgIpc) is 2.84. The second-order valence-electron chi connectivity index (χ2n) is 6.32. The van der Waals surface area contributed by atoms with E-state index in [2.05, 4.69) is 0 Å². The van der Waals surface area contributed by atoms with Crippen molar-refractivity contribution in [3.05, 3.63) is 34.9 Å². The van der Waals surface area contributed by atoms with Gasteiger partial charge in [0.1, 0.15) is 0 Å². The number of hydrogen-bond acceptors (Lipinski definition) is 4. The number of carbonyl (C=O) groups is 3. The molecule has 1 heterocycles. The summed E-state index contributed by atoms with van der Waals surface area (Å²) in [7, 11) is 0. The molecule has 0 aliphatic carbocycles. The second-order valence-corrected chi connectivity index (χ2v) is 6.75. The van der Waals surface area contributed by atoms with E-state index < -0.39 is 5.91 Å². The van der Waals surface area contributed by atoms with E-state index in [1.54, 1.807) is 11.5 Å². The third-order valence-electron chi connectivity index (χ3n) is 4.37. The molecule has 3 amide bonds. The van der Waals surface area contributed by atoms with Gasteiger partial charge in [-0.15, -0.1) is 0 Å². The average molecular weight is 367 g/mol. The summed E-state index contributed by atoms with van der Waals surface area (Å²) in [6, 6.07) is 7.36. The van der Waals surface area contributed by atoms with Gasteiger partial charge in [0, 0.05) is 24.4 Å². The third kappa shape index (κ3) is 5.83. The molecule has 1 unspecified atom stereocenters. The predicted molar refractivity (Wildman–Crippen MR) is 93.0 cm³/mol. The van der Waals surface area contributed by atoms with E-state index in [0.29, 0.717) is 24.4 Å². The molecule has 1 atom stereocenters. The van der Waals surface area contributed by atoms with Crippen LogP contribution in [0.25, 0.3) is 0 Å². The highest BCUT2D eigenvalue weighted by molar-refractivity contribution is 6.30. The van der Waals surface area contributed by atoms with Crippen molar-refractivity contribution in [2.24, 2.45) is 5.92 Å². The number of hydrogen-bond donors (Lipinski definition) is 2. The normalized spacial score (nSPS) is 17.2. The van der Waals surface area contributed by atoms with E-state index in [4.69, 9.17) is 16.8 Å². The summed E-state index contributed by atoms with van der Waals surface area (Å²) in [5.74, 6) is -0.922. The predicted octanol–water partition coefficient (Wildman–Crippen LogP) is 2.71. The highest BCUT2D eigenvalue weighted by atomic mass is 35.5. The SMILES string of the molecule is O=C(CCCCCCN1C(=O)CC(Cc2cccc(Cl)c2)C1=O)NO. The Kier molecular flexibility index (Phi) is 7.40. The Bertz CT molecular complexity index is 635. The first-order chi connectivity index (χ1) is 12.0. The van der Waals surface area contributed by atoms with Gasteiger partial charge >= 0.3 is 0 Å². The number of halogens is 1. The number of likely N-dealkylation sites (tertiary alicyclic amines) is 1. The Balaban J connectivity index is 1.74. The van der Waals surface area contributed by atoms with Gasteiger partial charge in [-0.2, -0.15) is 0 Å². The highest BCUT2D eigenvalue weighted by Gasteiger charge is 2.37. The zero-order valence-corrected chi connectivity index (χ0v) is 14.8. The van der Waals surface area contributed by atoms with E-state index in [0.717, 1.165) is 24.8 Å². The number of imide groups is 1. The van der Waals surface area contributed by atoms with Crippen molar-refractivity contribution in [2.45, 2.75) is 44.9 Å². The number of benzene rings is 1. The van der Waals surface area contributed by atoms with E-state index in [9.17, 15) is 14.4 Å². The summed E-state index contributed by atoms with van der Waals surface area (Å²) in [6.45, 7) is 0.426. The zero-order chi connectivity index (χ0) is 18.2. The van der Waals surface area contributed by atoms with Gasteiger partial charge in [0.2, 0.25) is 17.7 Å². The van der Waals surface area contributed by atoms with Crippen molar-refractivity contribution in [1.82, 2.24) is 10.4 Å². The van der Waals surface area contributed by atoms with Crippen LogP contribution in [0.1, 0.15) is 44.1 Å². The molecule has 0 radical (unpaired) electrons. The molecule has 136 valence electrons. The van der Waals surface area contributed by atoms with Gasteiger partial charge in [-0.1, -0.05) is 36.6 Å². The monoisotopic (exact) mass is 366 g/mol. The van der Waals surface area contributed by atoms with Crippen LogP contribution in [-0.4, -0.2) is 34.4 Å². The number of hydroxylamine groups is 1. The van der Waals surface area contributed by atoms with Crippen LogP contribution in [0.4, 0.5) is 0 Å². The molecule has 2 rings (SSSR count). The molecular formula is C18H23ClN2O4. The van der Waals surface area contributed by atoms with Gasteiger partial charge in [0.05, 0.1) is 5.92 Å². The van der Waals surface area contributed by atoms with Crippen LogP contribution in [0.15, 0.2) is 24.3 Å². The minimum atomic E-state index is -0.395. The van der Waals surface area contributed by atoms with E-state index in [-0.39, 0.29) is 30.6 Å². The molecule has 2 N–H and O–H groups in total. The first-order valence-electron chi connectivity index (χ1n) is 8.53. The first-order valence-corrected chi connectivity index (χ1v) is 8.90. The van der Waals surface area contributed by atoms with E-state index >= 15 is 0 Å². The Hall–Kier alpha value is -1.92. The van der Waals surface area contributed by atoms with Gasteiger partial charge < -0.3 is 0 Å². The Morgan fingerprint density at radius 3 is 2.72 bits per heavy atom. The third-order valence-corrected chi connectivity index (χ3v) is 4.60. The van der Waals surface area contributed by atoms with Gasteiger partial charge in [-0.25, -0.2) is 5.48 Å². The number of rotatable bonds is 9. The number of unbranched alkanes of at least 4 members (excludes halogenated alkanes) is 3. The Morgan fingerprint density at radius 2 is 2.00 bits per heavy atom. The minimum absolute atomic E-state index is 0.107. The summed E-state index contributed by atoms with van der Waals surface area (Å²) >= 11 is 5.96. The van der Waals surface area contributed by atoms with E-state index in [1.807, 2.05) is 18.2 Å². The van der Waals surface area contributed by atoms with Crippen LogP contribution < -0.4 is 5.48 Å². The molecule has 1 aromatic carbocycles. The molecular weight excluding hydrogens is 344 g/mol. The molecule has 0 bridgehead atoms. The largest absolute Gasteiger partial charge is 0.289 e. The number of amides is 3. The van der Waals surface area contributed by atoms with Crippen LogP contribution in [0, 0.1) is 5.92 Å². The maximum Gasteiger partial charge on any atom is 0.243 e. The summed E-state index contributed by atoms with van der Waals surface area (Å²) in [5.41, 5.74) is 2.56. The lowest BCUT2D eigenvalue weighted by molar-refractivity contribution is -0.139. The first kappa shape index (κ1) is 19.4. The quantitative estimate of drug-likeness (QED) is 0.304. The molecule has 1 aliphatic heterocycles. The standard InChI is InChI=1S/C18H23ClN2O4/c19-15-7-5-6-13(11-15)10-14-12-17(23)21(18(14)24)9-4-2-1-3-8-16(22)20-25/h5-7,11,14,25H,1-4,8-10,12H2,(H,20,22). The van der Waals surface area contributed by atoms with Crippen LogP contribution in [0.3, 0.4) is 0 Å². The van der Waals surface area contributed by atoms with Crippen molar-refractivity contribution in [1.29, 1.82) is 0 Å². The topological polar surface area (TPSA) is 86.7 Å². The molecule has 1 fully saturated rings. The maximum absolute atomic E-state index is 12.4. The van der Waals surface area contributed by atoms with E-state index in [1.165, 1.54) is 4.90 Å². The van der Waals surface area contributed by atoms with Gasteiger partial charge in [0.25, 0.3) is 0 Å². The fourth-order valence-corrected chi connectivity index (χ4v) is 3.27. The van der Waals surface area contributed by atoms with Crippen LogP contribution in [-0.2, 0) is 20.8 Å². The number of nitrogens with zero attached hydrogens (tertiary/aromatic N) is 1. The molecule has 0 aromatic heterocycles. The fourth-order valence-electron chi connectivity index (χ4n) is 3.06. The lowest BCUT2D eigenvalue weighted by Gasteiger charge is -2.15. The molecule has 0 spiro atoms. The fraction of sp³-hybridized carbons (Fsp3) is 0.500. The lowest BCUT2D eigenvalue weighted by atomic mass is 9.98. The zero-order valence-electron chi connectivity index (χ0n) is 14.0. The summed E-state index contributed by atoms with van der Waals surface area (Å²) < 4.78 is 0. The van der Waals surface area contributed by atoms with Crippen molar-refractivity contribution in [3.8, 4) is 0 Å². The summed E-state index contributed by atoms with van der Waals surface area (Å²) in [4.78, 5) is 36.8. The second kappa shape index (κ2) is 9.53. The molecule has 0 saturated carbocycles. The van der Waals surface area contributed by atoms with Crippen molar-refractivity contribution < 1.29 is 19.6 Å². The van der Waals surface area contributed by atoms with Gasteiger partial charge in [-0.05, 0) is 37.0 Å². The van der Waals surface area contributed by atoms with Crippen molar-refractivity contribution >= 4 is 29.3 Å². The van der Waals surface area contributed by atoms with Crippen molar-refractivity contribution in [2.75, 3.05) is 6.54 Å². The Labute approximate surface area is 152 Å². The van der Waals surface area contributed by atoms with Crippen molar-refractivity contribution in [3.63, 3.8) is 0 Å². The molecule has 7 heteroatoms. The maximum atomic E-state index is 12.4. The summed E-state index contributed by atoms with van der Waals surface area (Å²) in [6.07, 6.45) is 4.10. The molecule has 1 saturated heterocycles. The minimum Gasteiger partial charge on any atom is -0.289 e. The number of carbonyl (C=O) groups excluding carboxylic acids is 3. The van der Waals surface area contributed by atoms with Gasteiger partial charge in [-0.3, -0.25) is 24.5 Å². The smallest absolute Gasteiger partial charge is 0.243 e. The highest BCUT2D eigenvalue weighted by Crippen LogP contribution is 2.25. The van der Waals surface area contributed by atoms with Crippen LogP contribution in [0.5, 0.6) is 0 Å². The lowest BCUT2D eigenvalue weighted by Crippen LogP contribution is -2.32. The molecule has 6 nitrogen and oxygen atoms in total.